The summed E-state index contributed by atoms with van der Waals surface area (Å²) in [5.41, 5.74) is 0. The summed E-state index contributed by atoms with van der Waals surface area (Å²) in [6, 6.07) is 0.665. The Kier molecular flexibility index (Phi) is 4.72. The second kappa shape index (κ2) is 6.29. The van der Waals surface area contributed by atoms with Crippen LogP contribution in [0.3, 0.4) is 0 Å². The van der Waals surface area contributed by atoms with Gasteiger partial charge in [0.25, 0.3) is 0 Å². The minimum atomic E-state index is 0.652. The standard InChI is InChI=1S/C13H24N4O/c1-10(2)17-6-4-11(5-7-17)8-12-15-13(9-14-3)18-16-12/h10-11,14H,4-9H2,1-3H3. The fourth-order valence-electron chi connectivity index (χ4n) is 2.53. The molecule has 0 amide bonds. The quantitative estimate of drug-likeness (QED) is 0.859. The molecule has 5 nitrogen and oxygen atoms in total. The van der Waals surface area contributed by atoms with E-state index in [4.69, 9.17) is 4.52 Å². The number of nitrogens with zero attached hydrogens (tertiary/aromatic N) is 3. The molecule has 2 rings (SSSR count). The molecule has 0 atom stereocenters. The summed E-state index contributed by atoms with van der Waals surface area (Å²) in [6.45, 7) is 7.58. The first-order valence-corrected chi connectivity index (χ1v) is 6.89. The number of nitrogens with one attached hydrogen (secondary N) is 1. The molecule has 1 fully saturated rings. The van der Waals surface area contributed by atoms with Crippen LogP contribution in [0, 0.1) is 5.92 Å². The summed E-state index contributed by atoms with van der Waals surface area (Å²) in [7, 11) is 1.88. The molecule has 0 aromatic carbocycles. The molecular formula is C13H24N4O. The van der Waals surface area contributed by atoms with Crippen molar-refractivity contribution in [2.24, 2.45) is 5.92 Å². The van der Waals surface area contributed by atoms with Crippen molar-refractivity contribution in [3.63, 3.8) is 0 Å². The van der Waals surface area contributed by atoms with Crippen LogP contribution in [0.2, 0.25) is 0 Å². The first kappa shape index (κ1) is 13.5. The molecule has 1 saturated heterocycles. The van der Waals surface area contributed by atoms with Gasteiger partial charge in [-0.3, -0.25) is 0 Å². The number of hydrogen-bond donors (Lipinski definition) is 1. The maximum atomic E-state index is 5.17. The first-order chi connectivity index (χ1) is 8.69. The van der Waals surface area contributed by atoms with Gasteiger partial charge in [-0.1, -0.05) is 5.16 Å². The Balaban J connectivity index is 1.80. The van der Waals surface area contributed by atoms with E-state index in [2.05, 4.69) is 34.2 Å². The molecule has 102 valence electrons. The molecule has 0 saturated carbocycles. The molecule has 1 N–H and O–H groups in total. The average molecular weight is 252 g/mol. The monoisotopic (exact) mass is 252 g/mol. The summed E-state index contributed by atoms with van der Waals surface area (Å²) in [6.07, 6.45) is 3.45. The molecule has 0 aliphatic carbocycles. The highest BCUT2D eigenvalue weighted by atomic mass is 16.5. The van der Waals surface area contributed by atoms with Gasteiger partial charge in [-0.25, -0.2) is 0 Å². The van der Waals surface area contributed by atoms with E-state index in [9.17, 15) is 0 Å². The van der Waals surface area contributed by atoms with Gasteiger partial charge in [0.05, 0.1) is 6.54 Å². The lowest BCUT2D eigenvalue weighted by Crippen LogP contribution is -2.38. The third kappa shape index (κ3) is 3.53. The van der Waals surface area contributed by atoms with Crippen molar-refractivity contribution in [2.75, 3.05) is 20.1 Å². The predicted octanol–water partition coefficient (Wildman–Crippen LogP) is 1.45. The van der Waals surface area contributed by atoms with Crippen molar-refractivity contribution in [3.8, 4) is 0 Å². The summed E-state index contributed by atoms with van der Waals surface area (Å²) < 4.78 is 5.17. The summed E-state index contributed by atoms with van der Waals surface area (Å²) in [5.74, 6) is 2.26. The summed E-state index contributed by atoms with van der Waals surface area (Å²) >= 11 is 0. The van der Waals surface area contributed by atoms with Gasteiger partial charge in [0.1, 0.15) is 0 Å². The number of likely N-dealkylation sites (tertiary alicyclic amines) is 1. The molecule has 1 aliphatic heterocycles. The SMILES string of the molecule is CNCc1nc(CC2CCN(C(C)C)CC2)no1. The third-order valence-electron chi connectivity index (χ3n) is 3.69. The van der Waals surface area contributed by atoms with Gasteiger partial charge in [-0.2, -0.15) is 4.98 Å². The molecule has 1 aromatic heterocycles. The van der Waals surface area contributed by atoms with E-state index < -0.39 is 0 Å². The van der Waals surface area contributed by atoms with Crippen LogP contribution in [0.5, 0.6) is 0 Å². The number of rotatable bonds is 5. The van der Waals surface area contributed by atoms with E-state index in [1.54, 1.807) is 0 Å². The van der Waals surface area contributed by atoms with Gasteiger partial charge in [-0.15, -0.1) is 0 Å². The van der Waals surface area contributed by atoms with E-state index in [1.165, 1.54) is 25.9 Å². The smallest absolute Gasteiger partial charge is 0.240 e. The van der Waals surface area contributed by atoms with Crippen molar-refractivity contribution in [1.82, 2.24) is 20.4 Å². The maximum absolute atomic E-state index is 5.17. The van der Waals surface area contributed by atoms with E-state index in [1.807, 2.05) is 7.05 Å². The second-order valence-electron chi connectivity index (χ2n) is 5.41. The molecule has 0 spiro atoms. The first-order valence-electron chi connectivity index (χ1n) is 6.89. The molecule has 0 bridgehead atoms. The Morgan fingerprint density at radius 1 is 1.39 bits per heavy atom. The normalized spacial score (nSPS) is 18.7. The largest absolute Gasteiger partial charge is 0.338 e. The Morgan fingerprint density at radius 3 is 2.72 bits per heavy atom. The highest BCUT2D eigenvalue weighted by molar-refractivity contribution is 4.89. The zero-order valence-corrected chi connectivity index (χ0v) is 11.6. The maximum Gasteiger partial charge on any atom is 0.240 e. The van der Waals surface area contributed by atoms with E-state index in [0.717, 1.165) is 12.2 Å². The van der Waals surface area contributed by atoms with Crippen molar-refractivity contribution < 1.29 is 4.52 Å². The zero-order valence-electron chi connectivity index (χ0n) is 11.6. The van der Waals surface area contributed by atoms with Crippen molar-refractivity contribution in [3.05, 3.63) is 11.7 Å². The molecule has 2 heterocycles. The minimum Gasteiger partial charge on any atom is -0.338 e. The molecule has 5 heteroatoms. The third-order valence-corrected chi connectivity index (χ3v) is 3.69. The average Bonchev–Trinajstić information content (AvgIpc) is 2.78. The molecule has 0 unspecified atom stereocenters. The minimum absolute atomic E-state index is 0.652. The number of aromatic nitrogens is 2. The lowest BCUT2D eigenvalue weighted by atomic mass is 9.93. The Morgan fingerprint density at radius 2 is 2.11 bits per heavy atom. The highest BCUT2D eigenvalue weighted by Gasteiger charge is 2.22. The Labute approximate surface area is 109 Å². The topological polar surface area (TPSA) is 54.2 Å². The molecular weight excluding hydrogens is 228 g/mol. The lowest BCUT2D eigenvalue weighted by Gasteiger charge is -2.34. The number of piperidine rings is 1. The molecule has 1 aliphatic rings. The number of hydrogen-bond acceptors (Lipinski definition) is 5. The van der Waals surface area contributed by atoms with Crippen LogP contribution in [0.15, 0.2) is 4.52 Å². The molecule has 18 heavy (non-hydrogen) atoms. The van der Waals surface area contributed by atoms with Gasteiger partial charge in [0.15, 0.2) is 5.82 Å². The summed E-state index contributed by atoms with van der Waals surface area (Å²) in [4.78, 5) is 6.94. The van der Waals surface area contributed by atoms with Crippen LogP contribution >= 0.6 is 0 Å². The summed E-state index contributed by atoms with van der Waals surface area (Å²) in [5, 5.41) is 7.06. The zero-order chi connectivity index (χ0) is 13.0. The van der Waals surface area contributed by atoms with Gasteiger partial charge in [0, 0.05) is 12.5 Å². The van der Waals surface area contributed by atoms with Crippen molar-refractivity contribution in [1.29, 1.82) is 0 Å². The van der Waals surface area contributed by atoms with E-state index >= 15 is 0 Å². The Hall–Kier alpha value is -0.940. The molecule has 1 aromatic rings. The predicted molar refractivity (Wildman–Crippen MR) is 70.2 cm³/mol. The lowest BCUT2D eigenvalue weighted by molar-refractivity contribution is 0.148. The molecule has 0 radical (unpaired) electrons. The van der Waals surface area contributed by atoms with Crippen LogP contribution in [0.1, 0.15) is 38.4 Å². The van der Waals surface area contributed by atoms with Crippen molar-refractivity contribution >= 4 is 0 Å². The van der Waals surface area contributed by atoms with Gasteiger partial charge in [0.2, 0.25) is 5.89 Å². The van der Waals surface area contributed by atoms with Crippen LogP contribution in [0.4, 0.5) is 0 Å². The van der Waals surface area contributed by atoms with Crippen LogP contribution in [-0.4, -0.2) is 41.2 Å². The van der Waals surface area contributed by atoms with Gasteiger partial charge >= 0.3 is 0 Å². The fourth-order valence-corrected chi connectivity index (χ4v) is 2.53. The van der Waals surface area contributed by atoms with Crippen LogP contribution in [0.25, 0.3) is 0 Å². The van der Waals surface area contributed by atoms with Crippen molar-refractivity contribution in [2.45, 2.75) is 45.7 Å². The fraction of sp³-hybridized carbons (Fsp3) is 0.846. The van der Waals surface area contributed by atoms with E-state index in [0.29, 0.717) is 24.4 Å². The van der Waals surface area contributed by atoms with E-state index in [-0.39, 0.29) is 0 Å². The highest BCUT2D eigenvalue weighted by Crippen LogP contribution is 2.21. The second-order valence-corrected chi connectivity index (χ2v) is 5.41. The van der Waals surface area contributed by atoms with Gasteiger partial charge in [-0.05, 0) is 52.7 Å². The Bertz CT molecular complexity index is 356. The van der Waals surface area contributed by atoms with Crippen LogP contribution < -0.4 is 5.32 Å². The van der Waals surface area contributed by atoms with Crippen LogP contribution in [-0.2, 0) is 13.0 Å². The van der Waals surface area contributed by atoms with Gasteiger partial charge < -0.3 is 14.7 Å².